The SMILES string of the molecule is O=COc1cccc2ccc3cc4ccccc4cc3c12.P. The summed E-state index contributed by atoms with van der Waals surface area (Å²) in [5, 5.41) is 6.67. The van der Waals surface area contributed by atoms with Gasteiger partial charge in [-0.1, -0.05) is 48.5 Å². The fourth-order valence-electron chi connectivity index (χ4n) is 2.92. The Labute approximate surface area is 131 Å². The molecular weight excluding hydrogens is 291 g/mol. The fourth-order valence-corrected chi connectivity index (χ4v) is 2.92. The minimum Gasteiger partial charge on any atom is -0.428 e. The molecule has 0 aliphatic carbocycles. The maximum atomic E-state index is 10.7. The Morgan fingerprint density at radius 2 is 1.41 bits per heavy atom. The van der Waals surface area contributed by atoms with Gasteiger partial charge in [0.1, 0.15) is 5.75 Å². The molecule has 108 valence electrons. The second-order valence-electron chi connectivity index (χ2n) is 5.05. The van der Waals surface area contributed by atoms with E-state index in [9.17, 15) is 4.79 Å². The maximum Gasteiger partial charge on any atom is 0.298 e. The summed E-state index contributed by atoms with van der Waals surface area (Å²) in [6.07, 6.45) is 0. The van der Waals surface area contributed by atoms with Crippen molar-refractivity contribution in [1.29, 1.82) is 0 Å². The van der Waals surface area contributed by atoms with Crippen LogP contribution in [0.2, 0.25) is 0 Å². The van der Waals surface area contributed by atoms with Crippen molar-refractivity contribution in [2.24, 2.45) is 0 Å². The molecule has 0 saturated carbocycles. The summed E-state index contributed by atoms with van der Waals surface area (Å²) in [5.74, 6) is 0.600. The van der Waals surface area contributed by atoms with Gasteiger partial charge in [-0.15, -0.1) is 0 Å². The lowest BCUT2D eigenvalue weighted by Gasteiger charge is -2.09. The zero-order chi connectivity index (χ0) is 14.2. The number of carbonyl (C=O) groups is 1. The first-order valence-corrected chi connectivity index (χ1v) is 6.81. The number of carbonyl (C=O) groups excluding carboxylic acids is 1. The van der Waals surface area contributed by atoms with E-state index in [0.29, 0.717) is 12.2 Å². The van der Waals surface area contributed by atoms with Crippen LogP contribution in [0.4, 0.5) is 0 Å². The van der Waals surface area contributed by atoms with E-state index in [1.54, 1.807) is 0 Å². The highest BCUT2D eigenvalue weighted by molar-refractivity contribution is 6.92. The Morgan fingerprint density at radius 3 is 2.18 bits per heavy atom. The third kappa shape index (κ3) is 2.22. The molecule has 4 aromatic rings. The fraction of sp³-hybridized carbons (Fsp3) is 0. The molecule has 4 rings (SSSR count). The first kappa shape index (κ1) is 14.5. The van der Waals surface area contributed by atoms with Gasteiger partial charge in [-0.05, 0) is 45.1 Å². The second-order valence-corrected chi connectivity index (χ2v) is 5.05. The molecular formula is C19H15O2P. The van der Waals surface area contributed by atoms with Crippen LogP contribution in [0, 0.1) is 0 Å². The highest BCUT2D eigenvalue weighted by atomic mass is 31.0. The van der Waals surface area contributed by atoms with Gasteiger partial charge in [0.25, 0.3) is 6.47 Å². The molecule has 0 fully saturated rings. The summed E-state index contributed by atoms with van der Waals surface area (Å²) in [6.45, 7) is 0.481. The van der Waals surface area contributed by atoms with Crippen molar-refractivity contribution in [2.75, 3.05) is 0 Å². The van der Waals surface area contributed by atoms with Crippen LogP contribution >= 0.6 is 9.90 Å². The Bertz CT molecular complexity index is 992. The lowest BCUT2D eigenvalue weighted by molar-refractivity contribution is -0.120. The zero-order valence-corrected chi connectivity index (χ0v) is 13.4. The van der Waals surface area contributed by atoms with Crippen molar-refractivity contribution in [3.63, 3.8) is 0 Å². The van der Waals surface area contributed by atoms with Gasteiger partial charge in [0.15, 0.2) is 0 Å². The number of rotatable bonds is 2. The average molecular weight is 306 g/mol. The third-order valence-electron chi connectivity index (χ3n) is 3.86. The van der Waals surface area contributed by atoms with E-state index in [1.165, 1.54) is 10.8 Å². The average Bonchev–Trinajstić information content (AvgIpc) is 2.53. The highest BCUT2D eigenvalue weighted by Gasteiger charge is 2.08. The molecule has 0 saturated heterocycles. The second kappa shape index (κ2) is 5.75. The lowest BCUT2D eigenvalue weighted by atomic mass is 9.98. The summed E-state index contributed by atoms with van der Waals surface area (Å²) >= 11 is 0. The van der Waals surface area contributed by atoms with E-state index >= 15 is 0 Å². The molecule has 3 heteroatoms. The van der Waals surface area contributed by atoms with E-state index in [-0.39, 0.29) is 9.90 Å². The number of fused-ring (bicyclic) bond motifs is 4. The van der Waals surface area contributed by atoms with E-state index in [4.69, 9.17) is 4.74 Å². The Balaban J connectivity index is 0.00000144. The number of hydrogen-bond acceptors (Lipinski definition) is 2. The molecule has 0 radical (unpaired) electrons. The van der Waals surface area contributed by atoms with E-state index < -0.39 is 0 Å². The molecule has 1 unspecified atom stereocenters. The topological polar surface area (TPSA) is 26.3 Å². The highest BCUT2D eigenvalue weighted by Crippen LogP contribution is 2.34. The molecule has 0 aliphatic heterocycles. The Kier molecular flexibility index (Phi) is 3.79. The van der Waals surface area contributed by atoms with Crippen LogP contribution in [-0.2, 0) is 4.79 Å². The van der Waals surface area contributed by atoms with Crippen LogP contribution in [0.15, 0.2) is 66.7 Å². The zero-order valence-electron chi connectivity index (χ0n) is 12.0. The van der Waals surface area contributed by atoms with Crippen LogP contribution in [0.3, 0.4) is 0 Å². The van der Waals surface area contributed by atoms with E-state index in [1.807, 2.05) is 30.3 Å². The van der Waals surface area contributed by atoms with Crippen molar-refractivity contribution in [2.45, 2.75) is 0 Å². The summed E-state index contributed by atoms with van der Waals surface area (Å²) in [5.41, 5.74) is 0. The van der Waals surface area contributed by atoms with Gasteiger partial charge in [-0.3, -0.25) is 4.79 Å². The van der Waals surface area contributed by atoms with Crippen molar-refractivity contribution in [3.05, 3.63) is 66.7 Å². The van der Waals surface area contributed by atoms with Crippen molar-refractivity contribution >= 4 is 48.7 Å². The monoisotopic (exact) mass is 306 g/mol. The van der Waals surface area contributed by atoms with Crippen LogP contribution in [0.1, 0.15) is 0 Å². The number of ether oxygens (including phenoxy) is 1. The number of benzene rings is 4. The van der Waals surface area contributed by atoms with Gasteiger partial charge in [0, 0.05) is 5.39 Å². The van der Waals surface area contributed by atoms with Gasteiger partial charge in [-0.2, -0.15) is 9.90 Å². The molecule has 1 atom stereocenters. The summed E-state index contributed by atoms with van der Waals surface area (Å²) in [6, 6.07) is 22.5. The Morgan fingerprint density at radius 1 is 0.727 bits per heavy atom. The standard InChI is InChI=1S/C19H12O2.H3P/c20-12-21-18-7-3-6-13-8-9-16-10-14-4-1-2-5-15(14)11-17(16)19(13)18;/h1-12H;1H3. The largest absolute Gasteiger partial charge is 0.428 e. The predicted octanol–water partition coefficient (Wildman–Crippen LogP) is 4.74. The molecule has 0 spiro atoms. The summed E-state index contributed by atoms with van der Waals surface area (Å²) in [7, 11) is 0. The van der Waals surface area contributed by atoms with Gasteiger partial charge in [-0.25, -0.2) is 0 Å². The first-order valence-electron chi connectivity index (χ1n) is 6.81. The predicted molar refractivity (Wildman–Crippen MR) is 96.8 cm³/mol. The molecule has 4 aromatic carbocycles. The van der Waals surface area contributed by atoms with Gasteiger partial charge in [0.2, 0.25) is 0 Å². The quantitative estimate of drug-likeness (QED) is 0.231. The smallest absolute Gasteiger partial charge is 0.298 e. The molecule has 0 amide bonds. The molecule has 0 heterocycles. The van der Waals surface area contributed by atoms with Gasteiger partial charge < -0.3 is 4.74 Å². The molecule has 0 bridgehead atoms. The van der Waals surface area contributed by atoms with Crippen LogP contribution in [0.25, 0.3) is 32.3 Å². The maximum absolute atomic E-state index is 10.7. The van der Waals surface area contributed by atoms with Crippen LogP contribution in [0.5, 0.6) is 5.75 Å². The molecule has 2 nitrogen and oxygen atoms in total. The lowest BCUT2D eigenvalue weighted by Crippen LogP contribution is -1.90. The minimum atomic E-state index is 0. The summed E-state index contributed by atoms with van der Waals surface area (Å²) < 4.78 is 5.16. The van der Waals surface area contributed by atoms with Crippen molar-refractivity contribution < 1.29 is 9.53 Å². The minimum absolute atomic E-state index is 0. The van der Waals surface area contributed by atoms with Crippen LogP contribution in [-0.4, -0.2) is 6.47 Å². The van der Waals surface area contributed by atoms with Gasteiger partial charge in [0.05, 0.1) is 0 Å². The Hall–Kier alpha value is -2.44. The number of hydrogen-bond donors (Lipinski definition) is 0. The molecule has 0 aromatic heterocycles. The van der Waals surface area contributed by atoms with Crippen molar-refractivity contribution in [3.8, 4) is 5.75 Å². The normalized spacial score (nSPS) is 10.5. The molecule has 0 aliphatic rings. The van der Waals surface area contributed by atoms with Gasteiger partial charge >= 0.3 is 0 Å². The molecule has 22 heavy (non-hydrogen) atoms. The first-order chi connectivity index (χ1) is 10.4. The summed E-state index contributed by atoms with van der Waals surface area (Å²) in [4.78, 5) is 10.7. The third-order valence-corrected chi connectivity index (χ3v) is 3.86. The molecule has 0 N–H and O–H groups in total. The van der Waals surface area contributed by atoms with Crippen molar-refractivity contribution in [1.82, 2.24) is 0 Å². The van der Waals surface area contributed by atoms with E-state index in [0.717, 1.165) is 21.5 Å². The van der Waals surface area contributed by atoms with E-state index in [2.05, 4.69) is 36.4 Å². The van der Waals surface area contributed by atoms with Crippen LogP contribution < -0.4 is 4.74 Å².